The molecular formula is C12H19F3O4. The highest BCUT2D eigenvalue weighted by Gasteiger charge is 2.48. The second-order valence-electron chi connectivity index (χ2n) is 5.43. The Morgan fingerprint density at radius 3 is 2.37 bits per heavy atom. The summed E-state index contributed by atoms with van der Waals surface area (Å²) >= 11 is 0. The molecule has 1 rings (SSSR count). The van der Waals surface area contributed by atoms with Gasteiger partial charge in [0, 0.05) is 0 Å². The summed E-state index contributed by atoms with van der Waals surface area (Å²) in [6.07, 6.45) is -5.85. The van der Waals surface area contributed by atoms with Crippen LogP contribution in [0, 0.1) is 5.92 Å². The molecule has 2 unspecified atom stereocenters. The third-order valence-electron chi connectivity index (χ3n) is 2.47. The normalized spacial score (nSPS) is 22.9. The molecule has 0 bridgehead atoms. The van der Waals surface area contributed by atoms with E-state index in [1.54, 1.807) is 0 Å². The zero-order valence-electron chi connectivity index (χ0n) is 11.3. The Kier molecular flexibility index (Phi) is 5.20. The summed E-state index contributed by atoms with van der Waals surface area (Å²) in [5.74, 6) is -3.45. The minimum Gasteiger partial charge on any atom is -0.459 e. The molecule has 2 atom stereocenters. The number of halogens is 3. The van der Waals surface area contributed by atoms with E-state index in [1.807, 2.05) is 0 Å². The second kappa shape index (κ2) is 6.09. The summed E-state index contributed by atoms with van der Waals surface area (Å²) < 4.78 is 53.7. The van der Waals surface area contributed by atoms with Gasteiger partial charge < -0.3 is 14.2 Å². The molecule has 0 aromatic rings. The monoisotopic (exact) mass is 284 g/mol. The van der Waals surface area contributed by atoms with Crippen LogP contribution < -0.4 is 0 Å². The number of hydrogen-bond donors (Lipinski definition) is 0. The van der Waals surface area contributed by atoms with Crippen molar-refractivity contribution in [3.05, 3.63) is 0 Å². The highest BCUT2D eigenvalue weighted by atomic mass is 19.4. The van der Waals surface area contributed by atoms with E-state index in [-0.39, 0.29) is 13.2 Å². The lowest BCUT2D eigenvalue weighted by Crippen LogP contribution is -2.41. The zero-order chi connectivity index (χ0) is 14.7. The first-order valence-corrected chi connectivity index (χ1v) is 6.08. The predicted octanol–water partition coefficient (Wildman–Crippen LogP) is 2.31. The summed E-state index contributed by atoms with van der Waals surface area (Å²) in [4.78, 5) is 11.6. The molecule has 0 aromatic carbocycles. The molecule has 0 amide bonds. The molecular weight excluding hydrogens is 265 g/mol. The fourth-order valence-electron chi connectivity index (χ4n) is 1.67. The van der Waals surface area contributed by atoms with Crippen molar-refractivity contribution in [2.24, 2.45) is 5.92 Å². The summed E-state index contributed by atoms with van der Waals surface area (Å²) in [6.45, 7) is 5.24. The quantitative estimate of drug-likeness (QED) is 0.746. The van der Waals surface area contributed by atoms with Gasteiger partial charge in [0.1, 0.15) is 5.60 Å². The van der Waals surface area contributed by atoms with E-state index in [2.05, 4.69) is 0 Å². The van der Waals surface area contributed by atoms with E-state index < -0.39 is 36.2 Å². The van der Waals surface area contributed by atoms with Crippen LogP contribution in [0.25, 0.3) is 0 Å². The van der Waals surface area contributed by atoms with Crippen LogP contribution in [0.5, 0.6) is 0 Å². The lowest BCUT2D eigenvalue weighted by molar-refractivity contribution is -0.213. The van der Waals surface area contributed by atoms with Crippen LogP contribution in [0.3, 0.4) is 0 Å². The molecule has 19 heavy (non-hydrogen) atoms. The molecule has 0 N–H and O–H groups in total. The van der Waals surface area contributed by atoms with E-state index >= 15 is 0 Å². The minimum absolute atomic E-state index is 0.0649. The first kappa shape index (κ1) is 16.2. The van der Waals surface area contributed by atoms with E-state index in [4.69, 9.17) is 14.2 Å². The van der Waals surface area contributed by atoms with E-state index in [0.29, 0.717) is 6.61 Å². The third-order valence-corrected chi connectivity index (χ3v) is 2.47. The summed E-state index contributed by atoms with van der Waals surface area (Å²) in [7, 11) is 0. The van der Waals surface area contributed by atoms with Gasteiger partial charge in [-0.05, 0) is 27.2 Å². The predicted molar refractivity (Wildman–Crippen MR) is 60.6 cm³/mol. The van der Waals surface area contributed by atoms with E-state index in [0.717, 1.165) is 0 Å². The summed E-state index contributed by atoms with van der Waals surface area (Å²) in [5, 5.41) is 0. The second-order valence-corrected chi connectivity index (χ2v) is 5.43. The van der Waals surface area contributed by atoms with Crippen molar-refractivity contribution in [1.29, 1.82) is 0 Å². The van der Waals surface area contributed by atoms with Gasteiger partial charge in [-0.15, -0.1) is 0 Å². The first-order chi connectivity index (χ1) is 8.59. The number of carbonyl (C=O) groups is 1. The Balaban J connectivity index is 2.69. The summed E-state index contributed by atoms with van der Waals surface area (Å²) in [5.41, 5.74) is -0.954. The maximum absolute atomic E-state index is 12.9. The van der Waals surface area contributed by atoms with Gasteiger partial charge >= 0.3 is 12.1 Å². The van der Waals surface area contributed by atoms with Gasteiger partial charge in [-0.1, -0.05) is 0 Å². The van der Waals surface area contributed by atoms with Crippen LogP contribution >= 0.6 is 0 Å². The highest BCUT2D eigenvalue weighted by Crippen LogP contribution is 2.33. The Labute approximate surface area is 110 Å². The minimum atomic E-state index is -4.65. The maximum Gasteiger partial charge on any atom is 0.402 e. The third kappa shape index (κ3) is 5.78. The fraction of sp³-hybridized carbons (Fsp3) is 0.917. The van der Waals surface area contributed by atoms with Crippen molar-refractivity contribution in [1.82, 2.24) is 0 Å². The van der Waals surface area contributed by atoms with Gasteiger partial charge in [-0.3, -0.25) is 4.79 Å². The van der Waals surface area contributed by atoms with Crippen LogP contribution in [0.1, 0.15) is 27.2 Å². The van der Waals surface area contributed by atoms with Gasteiger partial charge in [0.2, 0.25) is 0 Å². The smallest absolute Gasteiger partial charge is 0.402 e. The molecule has 0 spiro atoms. The molecule has 1 heterocycles. The lowest BCUT2D eigenvalue weighted by atomic mass is 10.0. The number of carbonyl (C=O) groups excluding carboxylic acids is 1. The molecule has 1 saturated heterocycles. The van der Waals surface area contributed by atoms with Crippen molar-refractivity contribution in [3.63, 3.8) is 0 Å². The zero-order valence-corrected chi connectivity index (χ0v) is 11.3. The standard InChI is InChI=1S/C12H19F3O4/c1-11(2,3)19-10(16)9(12(13,14)15)6-8-7-17-4-5-18-8/h8-9H,4-7H2,1-3H3. The van der Waals surface area contributed by atoms with Gasteiger partial charge in [-0.2, -0.15) is 13.2 Å². The highest BCUT2D eigenvalue weighted by molar-refractivity contribution is 5.73. The molecule has 112 valence electrons. The number of ether oxygens (including phenoxy) is 3. The molecule has 0 aliphatic carbocycles. The maximum atomic E-state index is 12.9. The van der Waals surface area contributed by atoms with Crippen LogP contribution in [-0.2, 0) is 19.0 Å². The van der Waals surface area contributed by atoms with Gasteiger partial charge in [0.05, 0.1) is 25.9 Å². The van der Waals surface area contributed by atoms with E-state index in [1.165, 1.54) is 20.8 Å². The SMILES string of the molecule is CC(C)(C)OC(=O)C(CC1COCCO1)C(F)(F)F. The average Bonchev–Trinajstić information content (AvgIpc) is 2.23. The number of hydrogen-bond acceptors (Lipinski definition) is 4. The fourth-order valence-corrected chi connectivity index (χ4v) is 1.67. The Hall–Kier alpha value is -0.820. The first-order valence-electron chi connectivity index (χ1n) is 6.08. The Morgan fingerprint density at radius 2 is 1.95 bits per heavy atom. The molecule has 1 aliphatic rings. The molecule has 0 aromatic heterocycles. The lowest BCUT2D eigenvalue weighted by Gasteiger charge is -2.29. The van der Waals surface area contributed by atoms with E-state index in [9.17, 15) is 18.0 Å². The van der Waals surface area contributed by atoms with Crippen LogP contribution in [-0.4, -0.2) is 43.7 Å². The Bertz CT molecular complexity index is 303. The Morgan fingerprint density at radius 1 is 1.32 bits per heavy atom. The number of esters is 1. The van der Waals surface area contributed by atoms with Gasteiger partial charge in [0.15, 0.2) is 5.92 Å². The largest absolute Gasteiger partial charge is 0.459 e. The number of rotatable bonds is 3. The van der Waals surface area contributed by atoms with Crippen LogP contribution in [0.2, 0.25) is 0 Å². The van der Waals surface area contributed by atoms with Crippen molar-refractivity contribution in [2.75, 3.05) is 19.8 Å². The molecule has 1 aliphatic heterocycles. The van der Waals surface area contributed by atoms with Crippen molar-refractivity contribution in [3.8, 4) is 0 Å². The van der Waals surface area contributed by atoms with Crippen molar-refractivity contribution in [2.45, 2.75) is 45.1 Å². The van der Waals surface area contributed by atoms with Crippen molar-refractivity contribution >= 4 is 5.97 Å². The van der Waals surface area contributed by atoms with Gasteiger partial charge in [0.25, 0.3) is 0 Å². The molecule has 0 saturated carbocycles. The topological polar surface area (TPSA) is 44.8 Å². The molecule has 1 fully saturated rings. The summed E-state index contributed by atoms with van der Waals surface area (Å²) in [6, 6.07) is 0. The molecule has 7 heteroatoms. The van der Waals surface area contributed by atoms with Crippen LogP contribution in [0.4, 0.5) is 13.2 Å². The molecule has 0 radical (unpaired) electrons. The average molecular weight is 284 g/mol. The molecule has 4 nitrogen and oxygen atoms in total. The number of alkyl halides is 3. The van der Waals surface area contributed by atoms with Crippen LogP contribution in [0.15, 0.2) is 0 Å². The van der Waals surface area contributed by atoms with Gasteiger partial charge in [-0.25, -0.2) is 0 Å². The van der Waals surface area contributed by atoms with Crippen molar-refractivity contribution < 1.29 is 32.2 Å².